The number of hydrogen-bond donors (Lipinski definition) is 1. The molecule has 0 spiro atoms. The largest absolute Gasteiger partial charge is 0.370 e. The molecule has 3 rings (SSSR count). The van der Waals surface area contributed by atoms with Gasteiger partial charge < -0.3 is 10.6 Å². The van der Waals surface area contributed by atoms with Gasteiger partial charge in [-0.3, -0.25) is 4.99 Å². The van der Waals surface area contributed by atoms with Crippen molar-refractivity contribution in [1.82, 2.24) is 4.90 Å². The van der Waals surface area contributed by atoms with E-state index in [9.17, 15) is 0 Å². The number of guanidine groups is 1. The maximum absolute atomic E-state index is 5.98. The molecule has 1 aliphatic heterocycles. The van der Waals surface area contributed by atoms with Crippen LogP contribution in [-0.2, 0) is 0 Å². The highest BCUT2D eigenvalue weighted by molar-refractivity contribution is 9.10. The van der Waals surface area contributed by atoms with Gasteiger partial charge in [0.05, 0.1) is 12.6 Å². The Morgan fingerprint density at radius 1 is 1.29 bits per heavy atom. The number of aliphatic imine (C=N–C) groups is 1. The van der Waals surface area contributed by atoms with Crippen molar-refractivity contribution in [3.63, 3.8) is 0 Å². The SMILES string of the molecule is NC1=NCC(c2ccc(Br)cc2)N1CC1CC1. The molecule has 1 fully saturated rings. The first-order chi connectivity index (χ1) is 8.24. The van der Waals surface area contributed by atoms with Crippen LogP contribution in [0.1, 0.15) is 24.4 Å². The van der Waals surface area contributed by atoms with E-state index in [1.807, 2.05) is 0 Å². The van der Waals surface area contributed by atoms with Crippen LogP contribution in [0.15, 0.2) is 33.7 Å². The molecule has 1 aliphatic carbocycles. The summed E-state index contributed by atoms with van der Waals surface area (Å²) in [5.41, 5.74) is 7.28. The van der Waals surface area contributed by atoms with E-state index in [4.69, 9.17) is 5.73 Å². The van der Waals surface area contributed by atoms with Gasteiger partial charge in [-0.1, -0.05) is 28.1 Å². The van der Waals surface area contributed by atoms with E-state index in [-0.39, 0.29) is 0 Å². The van der Waals surface area contributed by atoms with Crippen molar-refractivity contribution in [1.29, 1.82) is 0 Å². The zero-order valence-corrected chi connectivity index (χ0v) is 11.2. The summed E-state index contributed by atoms with van der Waals surface area (Å²) < 4.78 is 1.11. The van der Waals surface area contributed by atoms with Gasteiger partial charge in [0.1, 0.15) is 0 Å². The van der Waals surface area contributed by atoms with Gasteiger partial charge in [0.2, 0.25) is 0 Å². The molecule has 1 saturated carbocycles. The molecular weight excluding hydrogens is 278 g/mol. The topological polar surface area (TPSA) is 41.6 Å². The van der Waals surface area contributed by atoms with E-state index in [0.717, 1.165) is 23.5 Å². The predicted molar refractivity (Wildman–Crippen MR) is 72.8 cm³/mol. The maximum atomic E-state index is 5.98. The number of hydrogen-bond acceptors (Lipinski definition) is 3. The molecule has 1 aromatic rings. The van der Waals surface area contributed by atoms with E-state index in [2.05, 4.69) is 50.1 Å². The Bertz CT molecular complexity index is 436. The Hall–Kier alpha value is -1.03. The summed E-state index contributed by atoms with van der Waals surface area (Å²) in [5, 5.41) is 0. The third kappa shape index (κ3) is 2.32. The first-order valence-corrected chi connectivity index (χ1v) is 6.85. The van der Waals surface area contributed by atoms with E-state index in [1.165, 1.54) is 18.4 Å². The Morgan fingerprint density at radius 3 is 2.65 bits per heavy atom. The lowest BCUT2D eigenvalue weighted by molar-refractivity contribution is 0.334. The summed E-state index contributed by atoms with van der Waals surface area (Å²) in [7, 11) is 0. The molecule has 0 amide bonds. The van der Waals surface area contributed by atoms with E-state index >= 15 is 0 Å². The van der Waals surface area contributed by atoms with Crippen molar-refractivity contribution in [2.24, 2.45) is 16.6 Å². The smallest absolute Gasteiger partial charge is 0.191 e. The minimum atomic E-state index is 0.337. The molecule has 1 atom stereocenters. The summed E-state index contributed by atoms with van der Waals surface area (Å²) in [5.74, 6) is 1.55. The van der Waals surface area contributed by atoms with Gasteiger partial charge in [-0.05, 0) is 36.5 Å². The number of nitrogens with zero attached hydrogens (tertiary/aromatic N) is 2. The number of nitrogens with two attached hydrogens (primary N) is 1. The van der Waals surface area contributed by atoms with Crippen LogP contribution in [0.3, 0.4) is 0 Å². The number of benzene rings is 1. The molecule has 3 nitrogen and oxygen atoms in total. The molecule has 1 heterocycles. The molecule has 4 heteroatoms. The van der Waals surface area contributed by atoms with Crippen molar-refractivity contribution < 1.29 is 0 Å². The van der Waals surface area contributed by atoms with Crippen LogP contribution in [0.5, 0.6) is 0 Å². The zero-order valence-electron chi connectivity index (χ0n) is 9.64. The average Bonchev–Trinajstić information content (AvgIpc) is 3.07. The van der Waals surface area contributed by atoms with Crippen LogP contribution in [-0.4, -0.2) is 23.9 Å². The summed E-state index contributed by atoms with van der Waals surface area (Å²) in [6, 6.07) is 8.81. The van der Waals surface area contributed by atoms with Crippen LogP contribution in [0, 0.1) is 5.92 Å². The van der Waals surface area contributed by atoms with Crippen molar-refractivity contribution in [2.75, 3.05) is 13.1 Å². The fourth-order valence-corrected chi connectivity index (χ4v) is 2.56. The summed E-state index contributed by atoms with van der Waals surface area (Å²) in [6.07, 6.45) is 2.69. The molecule has 90 valence electrons. The first kappa shape index (κ1) is 11.1. The van der Waals surface area contributed by atoms with Gasteiger partial charge in [0.15, 0.2) is 5.96 Å². The Balaban J connectivity index is 1.79. The molecule has 0 saturated heterocycles. The average molecular weight is 294 g/mol. The van der Waals surface area contributed by atoms with E-state index in [1.54, 1.807) is 0 Å². The van der Waals surface area contributed by atoms with E-state index in [0.29, 0.717) is 12.0 Å². The number of halogens is 1. The summed E-state index contributed by atoms with van der Waals surface area (Å²) >= 11 is 3.46. The fraction of sp³-hybridized carbons (Fsp3) is 0.462. The fourth-order valence-electron chi connectivity index (χ4n) is 2.30. The van der Waals surface area contributed by atoms with Gasteiger partial charge in [-0.25, -0.2) is 0 Å². The minimum Gasteiger partial charge on any atom is -0.370 e. The lowest BCUT2D eigenvalue weighted by atomic mass is 10.1. The third-order valence-electron chi connectivity index (χ3n) is 3.50. The molecule has 17 heavy (non-hydrogen) atoms. The summed E-state index contributed by atoms with van der Waals surface area (Å²) in [4.78, 5) is 6.65. The quantitative estimate of drug-likeness (QED) is 0.930. The highest BCUT2D eigenvalue weighted by atomic mass is 79.9. The van der Waals surface area contributed by atoms with Gasteiger partial charge >= 0.3 is 0 Å². The molecule has 2 N–H and O–H groups in total. The third-order valence-corrected chi connectivity index (χ3v) is 4.03. The molecule has 1 aromatic carbocycles. The molecule has 1 unspecified atom stereocenters. The second-order valence-electron chi connectivity index (χ2n) is 4.86. The lowest BCUT2D eigenvalue weighted by Gasteiger charge is -2.26. The molecular formula is C13H16BrN3. The van der Waals surface area contributed by atoms with Gasteiger partial charge in [0.25, 0.3) is 0 Å². The molecule has 0 aromatic heterocycles. The minimum absolute atomic E-state index is 0.337. The van der Waals surface area contributed by atoms with Crippen LogP contribution in [0.4, 0.5) is 0 Å². The highest BCUT2D eigenvalue weighted by Crippen LogP contribution is 2.34. The van der Waals surface area contributed by atoms with Crippen LogP contribution >= 0.6 is 15.9 Å². The second kappa shape index (κ2) is 4.33. The van der Waals surface area contributed by atoms with Crippen molar-refractivity contribution in [2.45, 2.75) is 18.9 Å². The van der Waals surface area contributed by atoms with Crippen LogP contribution in [0.2, 0.25) is 0 Å². The highest BCUT2D eigenvalue weighted by Gasteiger charge is 2.32. The van der Waals surface area contributed by atoms with Crippen molar-refractivity contribution >= 4 is 21.9 Å². The van der Waals surface area contributed by atoms with Gasteiger partial charge in [-0.15, -0.1) is 0 Å². The normalized spacial score (nSPS) is 23.9. The van der Waals surface area contributed by atoms with Gasteiger partial charge in [-0.2, -0.15) is 0 Å². The van der Waals surface area contributed by atoms with E-state index < -0.39 is 0 Å². The second-order valence-corrected chi connectivity index (χ2v) is 5.78. The van der Waals surface area contributed by atoms with Crippen molar-refractivity contribution in [3.05, 3.63) is 34.3 Å². The van der Waals surface area contributed by atoms with Crippen LogP contribution < -0.4 is 5.73 Å². The predicted octanol–water partition coefficient (Wildman–Crippen LogP) is 2.53. The van der Waals surface area contributed by atoms with Gasteiger partial charge in [0, 0.05) is 11.0 Å². The first-order valence-electron chi connectivity index (χ1n) is 6.06. The molecule has 2 aliphatic rings. The standard InChI is InChI=1S/C13H16BrN3/c14-11-5-3-10(4-6-11)12-7-16-13(15)17(12)8-9-1-2-9/h3-6,9,12H,1-2,7-8H2,(H2,15,16). The lowest BCUT2D eigenvalue weighted by Crippen LogP contribution is -2.37. The Morgan fingerprint density at radius 2 is 2.00 bits per heavy atom. The Kier molecular flexibility index (Phi) is 2.82. The Labute approximate surface area is 110 Å². The molecule has 0 bridgehead atoms. The molecule has 0 radical (unpaired) electrons. The summed E-state index contributed by atoms with van der Waals surface area (Å²) in [6.45, 7) is 1.86. The monoisotopic (exact) mass is 293 g/mol. The van der Waals surface area contributed by atoms with Crippen molar-refractivity contribution in [3.8, 4) is 0 Å². The number of rotatable bonds is 3. The van der Waals surface area contributed by atoms with Crippen LogP contribution in [0.25, 0.3) is 0 Å². The zero-order chi connectivity index (χ0) is 11.8. The maximum Gasteiger partial charge on any atom is 0.191 e.